The molecule has 4 nitrogen and oxygen atoms in total. The molecule has 0 aliphatic rings. The van der Waals surface area contributed by atoms with E-state index in [9.17, 15) is 0 Å². The first-order valence-electron chi connectivity index (χ1n) is 7.59. The van der Waals surface area contributed by atoms with Gasteiger partial charge in [0.15, 0.2) is 0 Å². The van der Waals surface area contributed by atoms with Crippen molar-refractivity contribution < 1.29 is 0 Å². The lowest BCUT2D eigenvalue weighted by atomic mass is 10.1. The predicted octanol–water partition coefficient (Wildman–Crippen LogP) is 3.97. The van der Waals surface area contributed by atoms with Gasteiger partial charge in [-0.3, -0.25) is 0 Å². The molecule has 0 amide bonds. The molecule has 0 radical (unpaired) electrons. The molecule has 2 heterocycles. The molecule has 5 heteroatoms. The van der Waals surface area contributed by atoms with Gasteiger partial charge in [0.05, 0.1) is 0 Å². The Morgan fingerprint density at radius 2 is 2.05 bits per heavy atom. The van der Waals surface area contributed by atoms with Crippen LogP contribution in [0.15, 0.2) is 23.2 Å². The van der Waals surface area contributed by atoms with Crippen LogP contribution in [-0.4, -0.2) is 22.6 Å². The summed E-state index contributed by atoms with van der Waals surface area (Å²) in [6, 6.07) is 2.52. The molecule has 0 fully saturated rings. The molecular weight excluding hydrogens is 280 g/mol. The standard InChI is InChI=1S/C16H24N4S/c1-4-7-17-15-14(5-2)16(19-11-18-15)20-12(3)9-13-6-8-21-10-13/h6,8,10-12H,4-5,7,9H2,1-3H3,(H2,17,18,19,20). The van der Waals surface area contributed by atoms with Gasteiger partial charge in [-0.2, -0.15) is 11.3 Å². The Hall–Kier alpha value is -1.62. The summed E-state index contributed by atoms with van der Waals surface area (Å²) in [7, 11) is 0. The number of hydrogen-bond acceptors (Lipinski definition) is 5. The lowest BCUT2D eigenvalue weighted by Crippen LogP contribution is -2.20. The van der Waals surface area contributed by atoms with E-state index in [4.69, 9.17) is 0 Å². The summed E-state index contributed by atoms with van der Waals surface area (Å²) in [6.45, 7) is 7.43. The molecule has 0 saturated heterocycles. The molecule has 2 N–H and O–H groups in total. The van der Waals surface area contributed by atoms with E-state index in [0.29, 0.717) is 6.04 Å². The summed E-state index contributed by atoms with van der Waals surface area (Å²) in [5.41, 5.74) is 2.54. The van der Waals surface area contributed by atoms with Gasteiger partial charge in [-0.1, -0.05) is 13.8 Å². The summed E-state index contributed by atoms with van der Waals surface area (Å²) in [4.78, 5) is 8.80. The Morgan fingerprint density at radius 3 is 2.71 bits per heavy atom. The lowest BCUT2D eigenvalue weighted by Gasteiger charge is -2.18. The van der Waals surface area contributed by atoms with Crippen LogP contribution in [0.5, 0.6) is 0 Å². The molecule has 0 aliphatic heterocycles. The monoisotopic (exact) mass is 304 g/mol. The first kappa shape index (κ1) is 15.8. The topological polar surface area (TPSA) is 49.8 Å². The quantitative estimate of drug-likeness (QED) is 0.775. The van der Waals surface area contributed by atoms with Gasteiger partial charge in [-0.25, -0.2) is 9.97 Å². The number of nitrogens with zero attached hydrogens (tertiary/aromatic N) is 2. The second kappa shape index (κ2) is 7.98. The van der Waals surface area contributed by atoms with Crippen LogP contribution in [0.3, 0.4) is 0 Å². The second-order valence-electron chi connectivity index (χ2n) is 5.21. The Bertz CT molecular complexity index is 539. The highest BCUT2D eigenvalue weighted by Gasteiger charge is 2.12. The maximum atomic E-state index is 4.43. The van der Waals surface area contributed by atoms with Crippen LogP contribution in [0.4, 0.5) is 11.6 Å². The molecule has 1 atom stereocenters. The largest absolute Gasteiger partial charge is 0.370 e. The molecule has 2 aromatic rings. The van der Waals surface area contributed by atoms with E-state index in [2.05, 4.69) is 58.2 Å². The predicted molar refractivity (Wildman–Crippen MR) is 91.3 cm³/mol. The molecule has 0 aliphatic carbocycles. The van der Waals surface area contributed by atoms with Crippen molar-refractivity contribution in [1.29, 1.82) is 0 Å². The molecule has 0 spiro atoms. The Morgan fingerprint density at radius 1 is 1.24 bits per heavy atom. The molecule has 0 aromatic carbocycles. The minimum absolute atomic E-state index is 0.346. The molecule has 21 heavy (non-hydrogen) atoms. The van der Waals surface area contributed by atoms with Crippen LogP contribution in [0.1, 0.15) is 38.3 Å². The summed E-state index contributed by atoms with van der Waals surface area (Å²) in [6.07, 6.45) is 4.65. The van der Waals surface area contributed by atoms with Crippen molar-refractivity contribution in [3.05, 3.63) is 34.3 Å². The Labute approximate surface area is 131 Å². The zero-order chi connectivity index (χ0) is 15.1. The first-order chi connectivity index (χ1) is 10.2. The number of hydrogen-bond donors (Lipinski definition) is 2. The van der Waals surface area contributed by atoms with Gasteiger partial charge < -0.3 is 10.6 Å². The summed E-state index contributed by atoms with van der Waals surface area (Å²) < 4.78 is 0. The highest BCUT2D eigenvalue weighted by molar-refractivity contribution is 7.07. The zero-order valence-electron chi connectivity index (χ0n) is 13.0. The minimum Gasteiger partial charge on any atom is -0.370 e. The fourth-order valence-electron chi connectivity index (χ4n) is 2.31. The zero-order valence-corrected chi connectivity index (χ0v) is 13.8. The number of rotatable bonds is 8. The summed E-state index contributed by atoms with van der Waals surface area (Å²) in [5.74, 6) is 1.91. The van der Waals surface area contributed by atoms with Gasteiger partial charge in [-0.15, -0.1) is 0 Å². The number of nitrogens with one attached hydrogen (secondary N) is 2. The Balaban J connectivity index is 2.07. The maximum absolute atomic E-state index is 4.43. The van der Waals surface area contributed by atoms with Crippen molar-refractivity contribution in [2.45, 2.75) is 46.1 Å². The summed E-state index contributed by atoms with van der Waals surface area (Å²) >= 11 is 1.74. The van der Waals surface area contributed by atoms with Crippen molar-refractivity contribution in [3.63, 3.8) is 0 Å². The van der Waals surface area contributed by atoms with Crippen molar-refractivity contribution in [2.24, 2.45) is 0 Å². The normalized spacial score (nSPS) is 12.1. The van der Waals surface area contributed by atoms with Gasteiger partial charge in [0.2, 0.25) is 0 Å². The van der Waals surface area contributed by atoms with E-state index in [1.807, 2.05) is 0 Å². The minimum atomic E-state index is 0.346. The van der Waals surface area contributed by atoms with Crippen LogP contribution in [0.2, 0.25) is 0 Å². The van der Waals surface area contributed by atoms with Crippen molar-refractivity contribution in [2.75, 3.05) is 17.2 Å². The third-order valence-electron chi connectivity index (χ3n) is 3.35. The van der Waals surface area contributed by atoms with E-state index in [-0.39, 0.29) is 0 Å². The third-order valence-corrected chi connectivity index (χ3v) is 4.08. The molecule has 1 unspecified atom stereocenters. The second-order valence-corrected chi connectivity index (χ2v) is 5.99. The van der Waals surface area contributed by atoms with Crippen molar-refractivity contribution in [3.8, 4) is 0 Å². The highest BCUT2D eigenvalue weighted by Crippen LogP contribution is 2.22. The van der Waals surface area contributed by atoms with Crippen LogP contribution in [0.25, 0.3) is 0 Å². The van der Waals surface area contributed by atoms with Gasteiger partial charge >= 0.3 is 0 Å². The van der Waals surface area contributed by atoms with Crippen LogP contribution < -0.4 is 10.6 Å². The number of thiophene rings is 1. The highest BCUT2D eigenvalue weighted by atomic mass is 32.1. The number of aromatic nitrogens is 2. The van der Waals surface area contributed by atoms with E-state index < -0.39 is 0 Å². The van der Waals surface area contributed by atoms with Gasteiger partial charge in [0.1, 0.15) is 18.0 Å². The van der Waals surface area contributed by atoms with Gasteiger partial charge in [-0.05, 0) is 48.6 Å². The van der Waals surface area contributed by atoms with Crippen LogP contribution in [0, 0.1) is 0 Å². The van der Waals surface area contributed by atoms with E-state index >= 15 is 0 Å². The van der Waals surface area contributed by atoms with Crippen LogP contribution >= 0.6 is 11.3 Å². The van der Waals surface area contributed by atoms with Crippen LogP contribution in [-0.2, 0) is 12.8 Å². The SMILES string of the molecule is CCCNc1ncnc(NC(C)Cc2ccsc2)c1CC. The molecule has 2 aromatic heterocycles. The fraction of sp³-hybridized carbons (Fsp3) is 0.500. The maximum Gasteiger partial charge on any atom is 0.134 e. The lowest BCUT2D eigenvalue weighted by molar-refractivity contribution is 0.781. The average molecular weight is 304 g/mol. The Kier molecular flexibility index (Phi) is 5.99. The smallest absolute Gasteiger partial charge is 0.134 e. The number of anilines is 2. The summed E-state index contributed by atoms with van der Waals surface area (Å²) in [5, 5.41) is 11.2. The fourth-order valence-corrected chi connectivity index (χ4v) is 3.00. The van der Waals surface area contributed by atoms with E-state index in [1.54, 1.807) is 17.7 Å². The molecule has 0 saturated carbocycles. The van der Waals surface area contributed by atoms with Gasteiger partial charge in [0, 0.05) is 18.2 Å². The van der Waals surface area contributed by atoms with E-state index in [0.717, 1.165) is 37.4 Å². The molecule has 2 rings (SSSR count). The third kappa shape index (κ3) is 4.43. The molecule has 114 valence electrons. The average Bonchev–Trinajstić information content (AvgIpc) is 2.97. The molecular formula is C16H24N4S. The van der Waals surface area contributed by atoms with Crippen molar-refractivity contribution >= 4 is 23.0 Å². The van der Waals surface area contributed by atoms with Crippen molar-refractivity contribution in [1.82, 2.24) is 9.97 Å². The van der Waals surface area contributed by atoms with E-state index in [1.165, 1.54) is 11.1 Å². The molecule has 0 bridgehead atoms. The van der Waals surface area contributed by atoms with Gasteiger partial charge in [0.25, 0.3) is 0 Å². The first-order valence-corrected chi connectivity index (χ1v) is 8.54.